The molecule has 0 aliphatic carbocycles. The molecule has 7 heteroatoms. The van der Waals surface area contributed by atoms with Crippen molar-refractivity contribution in [2.75, 3.05) is 13.4 Å². The zero-order valence-corrected chi connectivity index (χ0v) is 15.7. The third kappa shape index (κ3) is 3.80. The predicted molar refractivity (Wildman–Crippen MR) is 105 cm³/mol. The highest BCUT2D eigenvalue weighted by molar-refractivity contribution is 6.01. The molecule has 2 N–H and O–H groups in total. The van der Waals surface area contributed by atoms with Crippen LogP contribution < -0.4 is 14.8 Å². The minimum atomic E-state index is -0.765. The van der Waals surface area contributed by atoms with Crippen LogP contribution in [0.15, 0.2) is 54.6 Å². The topological polar surface area (TPSA) is 94.1 Å². The van der Waals surface area contributed by atoms with Crippen molar-refractivity contribution >= 4 is 22.6 Å². The number of fused-ring (bicyclic) bond motifs is 2. The first-order valence-electron chi connectivity index (χ1n) is 9.09. The van der Waals surface area contributed by atoms with Gasteiger partial charge in [0.2, 0.25) is 6.79 Å². The van der Waals surface area contributed by atoms with Gasteiger partial charge in [0, 0.05) is 5.39 Å². The lowest BCUT2D eigenvalue weighted by molar-refractivity contribution is -0.124. The fourth-order valence-electron chi connectivity index (χ4n) is 3.18. The summed E-state index contributed by atoms with van der Waals surface area (Å²) in [6.45, 7) is 1.53. The minimum absolute atomic E-state index is 0.0142. The molecule has 1 atom stereocenters. The number of amides is 1. The van der Waals surface area contributed by atoms with Gasteiger partial charge in [0.25, 0.3) is 5.91 Å². The second-order valence-electron chi connectivity index (χ2n) is 6.66. The van der Waals surface area contributed by atoms with Gasteiger partial charge >= 0.3 is 5.97 Å². The molecule has 0 saturated carbocycles. The first kappa shape index (κ1) is 18.6. The summed E-state index contributed by atoms with van der Waals surface area (Å²) in [5.74, 6) is -0.0941. The SMILES string of the molecule is C[C@@H](NC(=O)COC(=O)c1ccc2ccccc2c1O)c1ccc2c(c1)OCO2. The van der Waals surface area contributed by atoms with Crippen molar-refractivity contribution in [3.05, 3.63) is 65.7 Å². The van der Waals surface area contributed by atoms with Crippen molar-refractivity contribution in [3.63, 3.8) is 0 Å². The standard InChI is InChI=1S/C22H19NO6/c1-13(15-7-9-18-19(10-15)29-12-28-18)23-20(24)11-27-22(26)17-8-6-14-4-2-3-5-16(14)21(17)25/h2-10,13,25H,11-12H2,1H3,(H,23,24)/t13-/m1/s1. The van der Waals surface area contributed by atoms with Crippen molar-refractivity contribution in [3.8, 4) is 17.2 Å². The van der Waals surface area contributed by atoms with Crippen LogP contribution in [0.5, 0.6) is 17.2 Å². The van der Waals surface area contributed by atoms with E-state index in [1.54, 1.807) is 30.3 Å². The number of nitrogens with one attached hydrogen (secondary N) is 1. The Bertz CT molecular complexity index is 1090. The molecule has 1 amide bonds. The molecule has 1 aliphatic rings. The van der Waals surface area contributed by atoms with Crippen LogP contribution in [0.4, 0.5) is 0 Å². The van der Waals surface area contributed by atoms with E-state index < -0.39 is 18.5 Å². The lowest BCUT2D eigenvalue weighted by atomic mass is 10.1. The third-order valence-electron chi connectivity index (χ3n) is 4.73. The fraction of sp³-hybridized carbons (Fsp3) is 0.182. The molecule has 0 unspecified atom stereocenters. The van der Waals surface area contributed by atoms with Crippen LogP contribution >= 0.6 is 0 Å². The fourth-order valence-corrected chi connectivity index (χ4v) is 3.18. The third-order valence-corrected chi connectivity index (χ3v) is 4.73. The Balaban J connectivity index is 1.37. The summed E-state index contributed by atoms with van der Waals surface area (Å²) in [4.78, 5) is 24.5. The van der Waals surface area contributed by atoms with E-state index in [9.17, 15) is 14.7 Å². The van der Waals surface area contributed by atoms with E-state index in [0.29, 0.717) is 16.9 Å². The molecule has 7 nitrogen and oxygen atoms in total. The van der Waals surface area contributed by atoms with Gasteiger partial charge in [-0.1, -0.05) is 36.4 Å². The summed E-state index contributed by atoms with van der Waals surface area (Å²) < 4.78 is 15.7. The van der Waals surface area contributed by atoms with Crippen LogP contribution in [0.3, 0.4) is 0 Å². The highest BCUT2D eigenvalue weighted by Crippen LogP contribution is 2.34. The number of rotatable bonds is 5. The largest absolute Gasteiger partial charge is 0.506 e. The summed E-state index contributed by atoms with van der Waals surface area (Å²) in [5, 5.41) is 14.4. The normalized spacial score (nSPS) is 13.1. The Morgan fingerprint density at radius 1 is 1.10 bits per heavy atom. The Kier molecular flexibility index (Phi) is 4.95. The Morgan fingerprint density at radius 2 is 1.90 bits per heavy atom. The Hall–Kier alpha value is -3.74. The van der Waals surface area contributed by atoms with Gasteiger partial charge in [-0.2, -0.15) is 0 Å². The molecule has 1 heterocycles. The highest BCUT2D eigenvalue weighted by atomic mass is 16.7. The van der Waals surface area contributed by atoms with Crippen molar-refractivity contribution in [2.45, 2.75) is 13.0 Å². The summed E-state index contributed by atoms with van der Waals surface area (Å²) in [7, 11) is 0. The van der Waals surface area contributed by atoms with Crippen LogP contribution in [0.2, 0.25) is 0 Å². The van der Waals surface area contributed by atoms with Gasteiger partial charge in [0.05, 0.1) is 6.04 Å². The molecule has 0 fully saturated rings. The van der Waals surface area contributed by atoms with Gasteiger partial charge < -0.3 is 24.6 Å². The van der Waals surface area contributed by atoms with Crippen LogP contribution in [-0.2, 0) is 9.53 Å². The molecule has 29 heavy (non-hydrogen) atoms. The monoisotopic (exact) mass is 393 g/mol. The van der Waals surface area contributed by atoms with E-state index in [0.717, 1.165) is 10.9 Å². The van der Waals surface area contributed by atoms with E-state index in [2.05, 4.69) is 5.32 Å². The van der Waals surface area contributed by atoms with Gasteiger partial charge in [0.15, 0.2) is 18.1 Å². The van der Waals surface area contributed by atoms with Crippen LogP contribution in [0.25, 0.3) is 10.8 Å². The molecule has 3 aromatic rings. The number of carbonyl (C=O) groups excluding carboxylic acids is 2. The smallest absolute Gasteiger partial charge is 0.342 e. The maximum atomic E-state index is 12.3. The first-order chi connectivity index (χ1) is 14.0. The van der Waals surface area contributed by atoms with Gasteiger partial charge in [-0.05, 0) is 36.1 Å². The zero-order chi connectivity index (χ0) is 20.4. The maximum Gasteiger partial charge on any atom is 0.342 e. The van der Waals surface area contributed by atoms with Crippen molar-refractivity contribution in [1.29, 1.82) is 0 Å². The summed E-state index contributed by atoms with van der Waals surface area (Å²) in [6.07, 6.45) is 0. The molecule has 0 saturated heterocycles. The summed E-state index contributed by atoms with van der Waals surface area (Å²) in [6, 6.07) is 15.4. The number of aromatic hydroxyl groups is 1. The second-order valence-corrected chi connectivity index (χ2v) is 6.66. The van der Waals surface area contributed by atoms with Crippen molar-refractivity contribution in [2.24, 2.45) is 0 Å². The maximum absolute atomic E-state index is 12.3. The van der Waals surface area contributed by atoms with E-state index in [4.69, 9.17) is 14.2 Å². The summed E-state index contributed by atoms with van der Waals surface area (Å²) in [5.41, 5.74) is 0.849. The predicted octanol–water partition coefficient (Wildman–Crippen LogP) is 3.31. The Morgan fingerprint density at radius 3 is 2.76 bits per heavy atom. The van der Waals surface area contributed by atoms with E-state index in [-0.39, 0.29) is 24.1 Å². The number of phenolic OH excluding ortho intramolecular Hbond substituents is 1. The number of phenols is 1. The van der Waals surface area contributed by atoms with Gasteiger partial charge in [-0.15, -0.1) is 0 Å². The van der Waals surface area contributed by atoms with Crippen molar-refractivity contribution in [1.82, 2.24) is 5.32 Å². The molecular formula is C22H19NO6. The van der Waals surface area contributed by atoms with Gasteiger partial charge in [-0.25, -0.2) is 4.79 Å². The van der Waals surface area contributed by atoms with Crippen molar-refractivity contribution < 1.29 is 28.9 Å². The number of ether oxygens (including phenoxy) is 3. The van der Waals surface area contributed by atoms with E-state index in [1.165, 1.54) is 6.07 Å². The molecular weight excluding hydrogens is 374 g/mol. The Labute approximate surface area is 166 Å². The molecule has 0 bridgehead atoms. The molecule has 148 valence electrons. The van der Waals surface area contributed by atoms with Crippen LogP contribution in [0, 0.1) is 0 Å². The molecule has 3 aromatic carbocycles. The van der Waals surface area contributed by atoms with Crippen LogP contribution in [0.1, 0.15) is 28.9 Å². The number of esters is 1. The highest BCUT2D eigenvalue weighted by Gasteiger charge is 2.19. The number of hydrogen-bond donors (Lipinski definition) is 2. The van der Waals surface area contributed by atoms with Gasteiger partial charge in [0.1, 0.15) is 11.3 Å². The lowest BCUT2D eigenvalue weighted by Crippen LogP contribution is -2.31. The second kappa shape index (κ2) is 7.71. The molecule has 0 aromatic heterocycles. The van der Waals surface area contributed by atoms with Gasteiger partial charge in [-0.3, -0.25) is 4.79 Å². The minimum Gasteiger partial charge on any atom is -0.506 e. The molecule has 0 spiro atoms. The number of benzene rings is 3. The van der Waals surface area contributed by atoms with E-state index in [1.807, 2.05) is 25.1 Å². The van der Waals surface area contributed by atoms with Crippen LogP contribution in [-0.4, -0.2) is 30.4 Å². The average Bonchev–Trinajstić information content (AvgIpc) is 3.20. The first-order valence-corrected chi connectivity index (χ1v) is 9.09. The average molecular weight is 393 g/mol. The number of carbonyl (C=O) groups is 2. The lowest BCUT2D eigenvalue weighted by Gasteiger charge is -2.15. The van der Waals surface area contributed by atoms with E-state index >= 15 is 0 Å². The number of hydrogen-bond acceptors (Lipinski definition) is 6. The molecule has 4 rings (SSSR count). The molecule has 0 radical (unpaired) electrons. The summed E-state index contributed by atoms with van der Waals surface area (Å²) >= 11 is 0. The quantitative estimate of drug-likeness (QED) is 0.646. The molecule has 1 aliphatic heterocycles. The zero-order valence-electron chi connectivity index (χ0n) is 15.7.